The second kappa shape index (κ2) is 8.97. The van der Waals surface area contributed by atoms with Gasteiger partial charge in [-0.1, -0.05) is 35.5 Å². The number of carbonyl (C=O) groups is 1. The molecular formula is C24H32N5O4+. The molecule has 2 aromatic heterocycles. The zero-order chi connectivity index (χ0) is 23.8. The molecule has 9 nitrogen and oxygen atoms in total. The fourth-order valence-corrected chi connectivity index (χ4v) is 3.49. The summed E-state index contributed by atoms with van der Waals surface area (Å²) >= 11 is 0. The number of benzene rings is 1. The van der Waals surface area contributed by atoms with E-state index in [1.54, 1.807) is 6.07 Å². The van der Waals surface area contributed by atoms with Crippen LogP contribution in [-0.2, 0) is 12.0 Å². The van der Waals surface area contributed by atoms with E-state index < -0.39 is 0 Å². The summed E-state index contributed by atoms with van der Waals surface area (Å²) in [5.41, 5.74) is 9.03. The lowest BCUT2D eigenvalue weighted by atomic mass is 9.85. The van der Waals surface area contributed by atoms with E-state index in [1.165, 1.54) is 22.0 Å². The molecule has 1 aliphatic carbocycles. The average molecular weight is 455 g/mol. The van der Waals surface area contributed by atoms with Gasteiger partial charge in [0.1, 0.15) is 12.4 Å². The minimum absolute atomic E-state index is 0.0417. The Kier molecular flexibility index (Phi) is 6.25. The lowest BCUT2D eigenvalue weighted by Crippen LogP contribution is -2.42. The number of nitrogens with two attached hydrogens (primary N) is 1. The summed E-state index contributed by atoms with van der Waals surface area (Å²) in [6.45, 7) is 8.78. The molecule has 3 aromatic rings. The number of Topliss-reactive ketones (excluding diaryl/α,β-unsaturated/α-hetero) is 1. The van der Waals surface area contributed by atoms with Crippen LogP contribution in [0.4, 0.5) is 5.95 Å². The van der Waals surface area contributed by atoms with E-state index in [0.29, 0.717) is 35.4 Å². The van der Waals surface area contributed by atoms with Crippen LogP contribution in [0.3, 0.4) is 0 Å². The third-order valence-electron chi connectivity index (χ3n) is 5.70. The number of aryl methyl sites for hydroxylation is 1. The van der Waals surface area contributed by atoms with Crippen molar-refractivity contribution in [3.8, 4) is 11.6 Å². The quantitative estimate of drug-likeness (QED) is 0.376. The van der Waals surface area contributed by atoms with Gasteiger partial charge in [0.2, 0.25) is 5.88 Å². The normalized spacial score (nSPS) is 14.0. The van der Waals surface area contributed by atoms with E-state index in [1.807, 2.05) is 25.1 Å². The van der Waals surface area contributed by atoms with Crippen LogP contribution in [0.2, 0.25) is 0 Å². The molecule has 33 heavy (non-hydrogen) atoms. The van der Waals surface area contributed by atoms with Crippen LogP contribution in [-0.4, -0.2) is 45.4 Å². The monoisotopic (exact) mass is 454 g/mol. The Labute approximate surface area is 193 Å². The van der Waals surface area contributed by atoms with Crippen LogP contribution in [0, 0.1) is 12.8 Å². The molecule has 176 valence electrons. The maximum Gasteiger partial charge on any atom is 0.401 e. The number of ketones is 1. The zero-order valence-corrected chi connectivity index (χ0v) is 19.7. The van der Waals surface area contributed by atoms with Crippen molar-refractivity contribution in [3.63, 3.8) is 0 Å². The van der Waals surface area contributed by atoms with E-state index in [4.69, 9.17) is 20.3 Å². The number of carbonyl (C=O) groups excluding carboxylic acids is 1. The molecular weight excluding hydrogens is 422 g/mol. The van der Waals surface area contributed by atoms with Gasteiger partial charge in [0, 0.05) is 17.2 Å². The number of hydrogen-bond donors (Lipinski definition) is 2. The molecule has 0 unspecified atom stereocenters. The molecule has 2 heterocycles. The van der Waals surface area contributed by atoms with Crippen LogP contribution in [0.5, 0.6) is 11.6 Å². The van der Waals surface area contributed by atoms with Gasteiger partial charge >= 0.3 is 5.95 Å². The Hall–Kier alpha value is -3.20. The third-order valence-corrected chi connectivity index (χ3v) is 5.70. The molecule has 1 aromatic carbocycles. The van der Waals surface area contributed by atoms with E-state index in [-0.39, 0.29) is 36.9 Å². The van der Waals surface area contributed by atoms with Gasteiger partial charge in [0.25, 0.3) is 5.65 Å². The van der Waals surface area contributed by atoms with Gasteiger partial charge in [-0.05, 0) is 54.9 Å². The highest BCUT2D eigenvalue weighted by atomic mass is 16.5. The number of fused-ring (bicyclic) bond motifs is 1. The molecule has 1 aliphatic rings. The van der Waals surface area contributed by atoms with E-state index in [9.17, 15) is 4.79 Å². The first-order valence-electron chi connectivity index (χ1n) is 11.3. The summed E-state index contributed by atoms with van der Waals surface area (Å²) in [5, 5.41) is 18.1. The fourth-order valence-electron chi connectivity index (χ4n) is 3.49. The third kappa shape index (κ3) is 5.24. The Morgan fingerprint density at radius 1 is 1.24 bits per heavy atom. The van der Waals surface area contributed by atoms with Gasteiger partial charge in [0.05, 0.1) is 13.2 Å². The molecule has 0 aliphatic heterocycles. The minimum atomic E-state index is -0.180. The van der Waals surface area contributed by atoms with Gasteiger partial charge in [0.15, 0.2) is 12.3 Å². The topological polar surface area (TPSA) is 116 Å². The summed E-state index contributed by atoms with van der Waals surface area (Å²) < 4.78 is 14.4. The van der Waals surface area contributed by atoms with Crippen LogP contribution >= 0.6 is 0 Å². The lowest BCUT2D eigenvalue weighted by Gasteiger charge is -2.21. The summed E-state index contributed by atoms with van der Waals surface area (Å²) in [5.74, 6) is 1.75. The summed E-state index contributed by atoms with van der Waals surface area (Å²) in [6, 6.07) is 7.30. The average Bonchev–Trinajstić information content (AvgIpc) is 3.55. The van der Waals surface area contributed by atoms with Crippen LogP contribution in [0.1, 0.15) is 55.1 Å². The molecule has 0 radical (unpaired) electrons. The predicted octanol–water partition coefficient (Wildman–Crippen LogP) is 2.25. The van der Waals surface area contributed by atoms with Crippen molar-refractivity contribution in [1.29, 1.82) is 0 Å². The Morgan fingerprint density at radius 3 is 2.67 bits per heavy atom. The molecule has 1 saturated carbocycles. The Bertz CT molecular complexity index is 1180. The Balaban J connectivity index is 1.61. The smallest absolute Gasteiger partial charge is 0.401 e. The number of nitrogens with zero attached hydrogens (tertiary/aromatic N) is 4. The van der Waals surface area contributed by atoms with Crippen molar-refractivity contribution in [2.75, 3.05) is 25.6 Å². The van der Waals surface area contributed by atoms with Crippen molar-refractivity contribution in [3.05, 3.63) is 41.0 Å². The standard InChI is InChI=1S/C24H31N5O4/c1-15-9-21(33-14-16-5-6-16)26-29-22(15)27-28(23(29)25)13-20(31)17-10-18(24(2,3)4)12-19(11-17)32-8-7-30/h9-12,16,25,30H,5-8,13-14H2,1-4H3/p+1. The molecule has 0 spiro atoms. The second-order valence-electron chi connectivity index (χ2n) is 9.66. The van der Waals surface area contributed by atoms with Gasteiger partial charge < -0.3 is 14.6 Å². The van der Waals surface area contributed by atoms with Crippen molar-refractivity contribution >= 4 is 17.4 Å². The summed E-state index contributed by atoms with van der Waals surface area (Å²) in [4.78, 5) is 13.2. The highest BCUT2D eigenvalue weighted by Crippen LogP contribution is 2.30. The number of hydrogen-bond acceptors (Lipinski definition) is 7. The van der Waals surface area contributed by atoms with Crippen LogP contribution < -0.4 is 19.9 Å². The van der Waals surface area contributed by atoms with Gasteiger partial charge in [-0.15, -0.1) is 4.68 Å². The van der Waals surface area contributed by atoms with Gasteiger partial charge in [-0.3, -0.25) is 10.5 Å². The SMILES string of the molecule is Cc1cc(OCC2CC2)nn2c(N)[n+](CC(=O)c3cc(OCCO)cc(C(C)(C)C)c3)nc12. The first kappa shape index (κ1) is 23.0. The number of anilines is 1. The summed E-state index contributed by atoms with van der Waals surface area (Å²) in [6.07, 6.45) is 2.39. The first-order chi connectivity index (χ1) is 15.7. The summed E-state index contributed by atoms with van der Waals surface area (Å²) in [7, 11) is 0. The second-order valence-corrected chi connectivity index (χ2v) is 9.66. The van der Waals surface area contributed by atoms with Crippen LogP contribution in [0.25, 0.3) is 5.65 Å². The molecule has 4 rings (SSSR count). The highest BCUT2D eigenvalue weighted by Gasteiger charge is 2.26. The van der Waals surface area contributed by atoms with E-state index in [0.717, 1.165) is 11.1 Å². The maximum absolute atomic E-state index is 13.2. The Morgan fingerprint density at radius 2 is 2.00 bits per heavy atom. The van der Waals surface area contributed by atoms with Gasteiger partial charge in [-0.25, -0.2) is 0 Å². The number of nitrogen functional groups attached to an aromatic ring is 1. The number of aliphatic hydroxyl groups is 1. The molecule has 1 fully saturated rings. The lowest BCUT2D eigenvalue weighted by molar-refractivity contribution is -0.723. The first-order valence-corrected chi connectivity index (χ1v) is 11.3. The fraction of sp³-hybridized carbons (Fsp3) is 0.500. The number of aliphatic hydroxyl groups excluding tert-OH is 1. The largest absolute Gasteiger partial charge is 0.491 e. The van der Waals surface area contributed by atoms with E-state index in [2.05, 4.69) is 31.0 Å². The highest BCUT2D eigenvalue weighted by molar-refractivity contribution is 5.95. The van der Waals surface area contributed by atoms with Crippen molar-refractivity contribution in [2.24, 2.45) is 5.92 Å². The zero-order valence-electron chi connectivity index (χ0n) is 19.7. The molecule has 0 bridgehead atoms. The van der Waals surface area contributed by atoms with Gasteiger partial charge in [-0.2, -0.15) is 0 Å². The molecule has 0 amide bonds. The molecule has 3 N–H and O–H groups in total. The number of aromatic nitrogens is 4. The van der Waals surface area contributed by atoms with Crippen molar-refractivity contribution < 1.29 is 24.1 Å². The molecule has 9 heteroatoms. The molecule has 0 saturated heterocycles. The number of rotatable bonds is 9. The maximum atomic E-state index is 13.2. The van der Waals surface area contributed by atoms with Crippen LogP contribution in [0.15, 0.2) is 24.3 Å². The number of ether oxygens (including phenoxy) is 2. The minimum Gasteiger partial charge on any atom is -0.491 e. The molecule has 0 atom stereocenters. The predicted molar refractivity (Wildman–Crippen MR) is 123 cm³/mol. The van der Waals surface area contributed by atoms with Crippen molar-refractivity contribution in [2.45, 2.75) is 52.5 Å². The van der Waals surface area contributed by atoms with E-state index >= 15 is 0 Å². The van der Waals surface area contributed by atoms with Crippen molar-refractivity contribution in [1.82, 2.24) is 14.7 Å².